The van der Waals surface area contributed by atoms with Gasteiger partial charge in [0.15, 0.2) is 0 Å². The van der Waals surface area contributed by atoms with Gasteiger partial charge in [-0.3, -0.25) is 14.9 Å². The third-order valence-corrected chi connectivity index (χ3v) is 5.64. The Hall–Kier alpha value is -3.20. The van der Waals surface area contributed by atoms with Gasteiger partial charge in [-0.25, -0.2) is 9.78 Å². The Labute approximate surface area is 187 Å². The van der Waals surface area contributed by atoms with E-state index in [1.54, 1.807) is 13.1 Å². The second kappa shape index (κ2) is 11.4. The number of aromatic amines is 1. The summed E-state index contributed by atoms with van der Waals surface area (Å²) in [6.07, 6.45) is 5.52. The summed E-state index contributed by atoms with van der Waals surface area (Å²) in [5.41, 5.74) is 1.79. The number of likely N-dealkylation sites (tertiary alicyclic amines) is 1. The number of nitrogens with zero attached hydrogens (tertiary/aromatic N) is 2. The summed E-state index contributed by atoms with van der Waals surface area (Å²) >= 11 is 0. The summed E-state index contributed by atoms with van der Waals surface area (Å²) in [5.74, 6) is -1.78. The van der Waals surface area contributed by atoms with Crippen LogP contribution in [0.1, 0.15) is 37.4 Å². The number of amides is 1. The van der Waals surface area contributed by atoms with Crippen molar-refractivity contribution in [1.29, 1.82) is 0 Å². The van der Waals surface area contributed by atoms with Crippen LogP contribution in [0.15, 0.2) is 42.9 Å². The molecule has 0 bridgehead atoms. The molecule has 3 rings (SSSR count). The molecule has 1 unspecified atom stereocenters. The van der Waals surface area contributed by atoms with Crippen molar-refractivity contribution < 1.29 is 24.2 Å². The van der Waals surface area contributed by atoms with E-state index < -0.39 is 30.1 Å². The van der Waals surface area contributed by atoms with Crippen molar-refractivity contribution >= 4 is 17.8 Å². The number of rotatable bonds is 11. The molecule has 1 aromatic heterocycles. The zero-order chi connectivity index (χ0) is 22.9. The SMILES string of the molecule is CCOC(=O)C(CCc1ccccc1)N[C@@H](Cc1cnc[nH]1)C(=O)N1CCC[C@H]1C(=O)O. The molecule has 1 saturated heterocycles. The van der Waals surface area contributed by atoms with Gasteiger partial charge < -0.3 is 19.7 Å². The van der Waals surface area contributed by atoms with E-state index in [2.05, 4.69) is 15.3 Å². The average Bonchev–Trinajstić information content (AvgIpc) is 3.48. The molecule has 1 aliphatic heterocycles. The van der Waals surface area contributed by atoms with Gasteiger partial charge in [-0.1, -0.05) is 30.3 Å². The highest BCUT2D eigenvalue weighted by Crippen LogP contribution is 2.20. The zero-order valence-corrected chi connectivity index (χ0v) is 18.2. The molecule has 0 radical (unpaired) electrons. The lowest BCUT2D eigenvalue weighted by molar-refractivity contribution is -0.150. The van der Waals surface area contributed by atoms with E-state index in [9.17, 15) is 19.5 Å². The lowest BCUT2D eigenvalue weighted by Crippen LogP contribution is -2.55. The number of aromatic nitrogens is 2. The Morgan fingerprint density at radius 1 is 1.28 bits per heavy atom. The molecular weight excluding hydrogens is 412 g/mol. The number of carbonyl (C=O) groups excluding carboxylic acids is 2. The predicted molar refractivity (Wildman–Crippen MR) is 117 cm³/mol. The number of aryl methyl sites for hydroxylation is 1. The first-order valence-corrected chi connectivity index (χ1v) is 11.0. The molecule has 0 saturated carbocycles. The van der Waals surface area contributed by atoms with E-state index in [0.717, 1.165) is 5.56 Å². The standard InChI is InChI=1S/C23H30N4O5/c1-2-32-23(31)18(11-10-16-7-4-3-5-8-16)26-19(13-17-14-24-15-25-17)21(28)27-12-6-9-20(27)22(29)30/h3-5,7-8,14-15,18-20,26H,2,6,9-13H2,1H3,(H,24,25)(H,29,30)/t18?,19-,20-/m0/s1. The van der Waals surface area contributed by atoms with Gasteiger partial charge in [0, 0.05) is 24.9 Å². The number of nitrogens with one attached hydrogen (secondary N) is 2. The van der Waals surface area contributed by atoms with Crippen LogP contribution in [0.25, 0.3) is 0 Å². The number of imidazole rings is 1. The maximum atomic E-state index is 13.4. The number of benzene rings is 1. The lowest BCUT2D eigenvalue weighted by Gasteiger charge is -2.29. The molecule has 172 valence electrons. The maximum Gasteiger partial charge on any atom is 0.326 e. The molecular formula is C23H30N4O5. The summed E-state index contributed by atoms with van der Waals surface area (Å²) in [7, 11) is 0. The molecule has 1 amide bonds. The molecule has 0 spiro atoms. The molecule has 1 aromatic carbocycles. The topological polar surface area (TPSA) is 125 Å². The third-order valence-electron chi connectivity index (χ3n) is 5.64. The third kappa shape index (κ3) is 6.16. The molecule has 0 aliphatic carbocycles. The fraction of sp³-hybridized carbons (Fsp3) is 0.478. The van der Waals surface area contributed by atoms with E-state index in [1.807, 2.05) is 30.3 Å². The molecule has 9 nitrogen and oxygen atoms in total. The maximum absolute atomic E-state index is 13.4. The van der Waals surface area contributed by atoms with Crippen molar-refractivity contribution in [2.75, 3.05) is 13.2 Å². The van der Waals surface area contributed by atoms with Gasteiger partial charge in [-0.05, 0) is 38.2 Å². The average molecular weight is 443 g/mol. The molecule has 3 atom stereocenters. The van der Waals surface area contributed by atoms with Crippen LogP contribution in [-0.4, -0.2) is 69.1 Å². The smallest absolute Gasteiger partial charge is 0.326 e. The highest BCUT2D eigenvalue weighted by Gasteiger charge is 2.38. The first kappa shape index (κ1) is 23.5. The normalized spacial score (nSPS) is 17.7. The fourth-order valence-corrected chi connectivity index (χ4v) is 4.03. The number of carbonyl (C=O) groups is 3. The largest absolute Gasteiger partial charge is 0.480 e. The lowest BCUT2D eigenvalue weighted by atomic mass is 10.0. The van der Waals surface area contributed by atoms with E-state index in [1.165, 1.54) is 11.2 Å². The Morgan fingerprint density at radius 2 is 2.06 bits per heavy atom. The fourth-order valence-electron chi connectivity index (χ4n) is 4.03. The summed E-state index contributed by atoms with van der Waals surface area (Å²) < 4.78 is 5.25. The van der Waals surface area contributed by atoms with Crippen LogP contribution in [-0.2, 0) is 32.0 Å². The zero-order valence-electron chi connectivity index (χ0n) is 18.2. The van der Waals surface area contributed by atoms with Crippen LogP contribution in [0.3, 0.4) is 0 Å². The first-order valence-electron chi connectivity index (χ1n) is 11.0. The number of hydrogen-bond acceptors (Lipinski definition) is 6. The van der Waals surface area contributed by atoms with Crippen LogP contribution in [0, 0.1) is 0 Å². The summed E-state index contributed by atoms with van der Waals surface area (Å²) in [4.78, 5) is 46.1. The van der Waals surface area contributed by atoms with Gasteiger partial charge in [0.25, 0.3) is 0 Å². The monoisotopic (exact) mass is 442 g/mol. The van der Waals surface area contributed by atoms with Crippen molar-refractivity contribution in [3.8, 4) is 0 Å². The van der Waals surface area contributed by atoms with Crippen molar-refractivity contribution in [2.45, 2.75) is 57.2 Å². The highest BCUT2D eigenvalue weighted by molar-refractivity contribution is 5.88. The van der Waals surface area contributed by atoms with Crippen molar-refractivity contribution in [3.63, 3.8) is 0 Å². The summed E-state index contributed by atoms with van der Waals surface area (Å²) in [6, 6.07) is 7.42. The Balaban J connectivity index is 1.79. The molecule has 1 fully saturated rings. The van der Waals surface area contributed by atoms with E-state index in [4.69, 9.17) is 4.74 Å². The van der Waals surface area contributed by atoms with Crippen LogP contribution in [0.2, 0.25) is 0 Å². The molecule has 1 aliphatic rings. The number of ether oxygens (including phenoxy) is 1. The second-order valence-corrected chi connectivity index (χ2v) is 7.86. The highest BCUT2D eigenvalue weighted by atomic mass is 16.5. The van der Waals surface area contributed by atoms with E-state index in [-0.39, 0.29) is 18.9 Å². The Morgan fingerprint density at radius 3 is 2.72 bits per heavy atom. The number of carboxylic acid groups (broad SMARTS) is 1. The van der Waals surface area contributed by atoms with Crippen molar-refractivity contribution in [2.24, 2.45) is 0 Å². The molecule has 2 aromatic rings. The Kier molecular flexibility index (Phi) is 8.38. The first-order chi connectivity index (χ1) is 15.5. The molecule has 3 N–H and O–H groups in total. The summed E-state index contributed by atoms with van der Waals surface area (Å²) in [5, 5.41) is 12.7. The molecule has 32 heavy (non-hydrogen) atoms. The molecule has 2 heterocycles. The van der Waals surface area contributed by atoms with Crippen LogP contribution < -0.4 is 5.32 Å². The van der Waals surface area contributed by atoms with Crippen LogP contribution >= 0.6 is 0 Å². The number of H-pyrrole nitrogens is 1. The van der Waals surface area contributed by atoms with Gasteiger partial charge in [-0.15, -0.1) is 0 Å². The minimum atomic E-state index is -1.01. The second-order valence-electron chi connectivity index (χ2n) is 7.86. The van der Waals surface area contributed by atoms with Crippen molar-refractivity contribution in [1.82, 2.24) is 20.2 Å². The quantitative estimate of drug-likeness (QED) is 0.451. The van der Waals surface area contributed by atoms with Crippen LogP contribution in [0.4, 0.5) is 0 Å². The van der Waals surface area contributed by atoms with Crippen molar-refractivity contribution in [3.05, 3.63) is 54.1 Å². The molecule has 9 heteroatoms. The number of esters is 1. The minimum absolute atomic E-state index is 0.231. The van der Waals surface area contributed by atoms with Gasteiger partial charge in [0.05, 0.1) is 19.0 Å². The van der Waals surface area contributed by atoms with Crippen LogP contribution in [0.5, 0.6) is 0 Å². The number of hydrogen-bond donors (Lipinski definition) is 3. The minimum Gasteiger partial charge on any atom is -0.480 e. The predicted octanol–water partition coefficient (Wildman–Crippen LogP) is 1.55. The van der Waals surface area contributed by atoms with Gasteiger partial charge >= 0.3 is 11.9 Å². The van der Waals surface area contributed by atoms with Gasteiger partial charge in [0.1, 0.15) is 12.1 Å². The van der Waals surface area contributed by atoms with E-state index >= 15 is 0 Å². The number of aliphatic carboxylic acids is 1. The Bertz CT molecular complexity index is 887. The van der Waals surface area contributed by atoms with Gasteiger partial charge in [0.2, 0.25) is 5.91 Å². The summed E-state index contributed by atoms with van der Waals surface area (Å²) in [6.45, 7) is 2.35. The number of carboxylic acids is 1. The van der Waals surface area contributed by atoms with Gasteiger partial charge in [-0.2, -0.15) is 0 Å². The van der Waals surface area contributed by atoms with E-state index in [0.29, 0.717) is 37.9 Å².